The molecule has 3 saturated carbocycles. The summed E-state index contributed by atoms with van der Waals surface area (Å²) in [6, 6.07) is 0. The van der Waals surface area contributed by atoms with Crippen molar-refractivity contribution in [2.24, 2.45) is 46.3 Å². The van der Waals surface area contributed by atoms with Crippen molar-refractivity contribution in [1.29, 1.82) is 0 Å². The molecule has 0 aromatic carbocycles. The van der Waals surface area contributed by atoms with Crippen molar-refractivity contribution in [2.75, 3.05) is 0 Å². The third-order valence-electron chi connectivity index (χ3n) is 12.2. The molecule has 35 heavy (non-hydrogen) atoms. The lowest BCUT2D eigenvalue weighted by Gasteiger charge is -2.69. The van der Waals surface area contributed by atoms with Gasteiger partial charge in [0.1, 0.15) is 17.3 Å². The first kappa shape index (κ1) is 25.8. The van der Waals surface area contributed by atoms with Gasteiger partial charge >= 0.3 is 5.97 Å². The van der Waals surface area contributed by atoms with Crippen LogP contribution in [0.4, 0.5) is 0 Å². The van der Waals surface area contributed by atoms with Crippen molar-refractivity contribution in [1.82, 2.24) is 0 Å². The average Bonchev–Trinajstić information content (AvgIpc) is 3.16. The Bertz CT molecular complexity index is 851. The van der Waals surface area contributed by atoms with Gasteiger partial charge in [-0.3, -0.25) is 4.79 Å². The molecular formula is C31H50O4. The molecule has 6 aliphatic rings. The van der Waals surface area contributed by atoms with Crippen LogP contribution in [0.1, 0.15) is 113 Å². The lowest BCUT2D eigenvalue weighted by Crippen LogP contribution is -2.73. The summed E-state index contributed by atoms with van der Waals surface area (Å²) in [5.74, 6) is 3.96. The predicted molar refractivity (Wildman–Crippen MR) is 138 cm³/mol. The third kappa shape index (κ3) is 3.70. The summed E-state index contributed by atoms with van der Waals surface area (Å²) in [5.41, 5.74) is -0.419. The Kier molecular flexibility index (Phi) is 6.52. The van der Waals surface area contributed by atoms with Crippen LogP contribution in [0.3, 0.4) is 0 Å². The number of carbonyl (C=O) groups is 1. The minimum Gasteiger partial charge on any atom is -0.462 e. The molecule has 4 nitrogen and oxygen atoms in total. The largest absolute Gasteiger partial charge is 0.462 e. The summed E-state index contributed by atoms with van der Waals surface area (Å²) in [4.78, 5) is 24.7. The van der Waals surface area contributed by atoms with Gasteiger partial charge in [0.2, 0.25) is 0 Å². The van der Waals surface area contributed by atoms with Gasteiger partial charge in [-0.2, -0.15) is 0 Å². The van der Waals surface area contributed by atoms with Crippen molar-refractivity contribution in [3.8, 4) is 0 Å². The van der Waals surface area contributed by atoms with Gasteiger partial charge in [0.15, 0.2) is 0 Å². The van der Waals surface area contributed by atoms with Crippen LogP contribution >= 0.6 is 0 Å². The maximum atomic E-state index is 11.6. The molecule has 0 aromatic heterocycles. The molecule has 0 N–H and O–H groups in total. The van der Waals surface area contributed by atoms with Gasteiger partial charge in [-0.15, -0.1) is 0 Å². The van der Waals surface area contributed by atoms with Crippen LogP contribution in [0, 0.1) is 46.3 Å². The zero-order valence-electron chi connectivity index (χ0n) is 23.4. The quantitative estimate of drug-likeness (QED) is 0.210. The minimum absolute atomic E-state index is 0.0350. The van der Waals surface area contributed by atoms with E-state index in [1.54, 1.807) is 0 Å². The minimum atomic E-state index is -0.469. The molecule has 2 heterocycles. The van der Waals surface area contributed by atoms with Crippen molar-refractivity contribution in [2.45, 2.75) is 130 Å². The molecule has 2 bridgehead atoms. The fourth-order valence-electron chi connectivity index (χ4n) is 10.1. The van der Waals surface area contributed by atoms with Crippen LogP contribution in [-0.2, 0) is 19.3 Å². The molecule has 0 aromatic rings. The molecule has 1 unspecified atom stereocenters. The zero-order chi connectivity index (χ0) is 25.2. The van der Waals surface area contributed by atoms with Gasteiger partial charge in [0, 0.05) is 30.6 Å². The van der Waals surface area contributed by atoms with Gasteiger partial charge in [0.25, 0.3) is 0 Å². The van der Waals surface area contributed by atoms with Crippen molar-refractivity contribution >= 4 is 5.97 Å². The smallest absolute Gasteiger partial charge is 0.302 e. The van der Waals surface area contributed by atoms with Crippen molar-refractivity contribution in [3.63, 3.8) is 0 Å². The number of fused-ring (bicyclic) bond motifs is 2. The van der Waals surface area contributed by atoms with Crippen LogP contribution < -0.4 is 0 Å². The van der Waals surface area contributed by atoms with E-state index in [0.717, 1.165) is 36.5 Å². The lowest BCUT2D eigenvalue weighted by atomic mass is 9.42. The van der Waals surface area contributed by atoms with Crippen LogP contribution in [0.5, 0.6) is 0 Å². The summed E-state index contributed by atoms with van der Waals surface area (Å²) < 4.78 is 5.64. The molecule has 4 aliphatic carbocycles. The Morgan fingerprint density at radius 1 is 1.00 bits per heavy atom. The summed E-state index contributed by atoms with van der Waals surface area (Å²) in [6.07, 6.45) is 16.4. The molecule has 6 rings (SSSR count). The van der Waals surface area contributed by atoms with E-state index in [2.05, 4.69) is 53.7 Å². The van der Waals surface area contributed by atoms with E-state index in [-0.39, 0.29) is 23.1 Å². The monoisotopic (exact) mass is 486 g/mol. The molecule has 0 amide bonds. The maximum Gasteiger partial charge on any atom is 0.302 e. The van der Waals surface area contributed by atoms with E-state index in [4.69, 9.17) is 14.5 Å². The first-order valence-electron chi connectivity index (χ1n) is 14.8. The Labute approximate surface area is 213 Å². The summed E-state index contributed by atoms with van der Waals surface area (Å²) in [5, 5.41) is 0. The standard InChI is InChI=1S/C31H50O4/c1-8-23(20(2)3)10-9-21(4)25-11-12-26-28(25,6)15-14-27-29(7)16-13-24(33-22(5)32)19-30(29)17-18-31(26,27)35-34-30/h17-18,20-21,23-27H,8-16,19H2,1-7H3/t21-,23?,24+,25-,26-,27-,28-,29-,30+,31+/m1/s1. The average molecular weight is 487 g/mol. The van der Waals surface area contributed by atoms with Gasteiger partial charge in [-0.1, -0.05) is 60.5 Å². The number of hydrogen-bond donors (Lipinski definition) is 0. The first-order valence-corrected chi connectivity index (χ1v) is 14.8. The number of rotatable bonds is 7. The van der Waals surface area contributed by atoms with E-state index in [9.17, 15) is 4.79 Å². The number of esters is 1. The van der Waals surface area contributed by atoms with E-state index < -0.39 is 5.60 Å². The SMILES string of the molecule is CCC(CC[C@@H](C)[C@H]1CC[C@@H]2[C@]1(C)CC[C@H]1[C@]23C=C[C@@]2(C[C@@H](OC(C)=O)CC[C@]12C)OO3)C(C)C. The van der Waals surface area contributed by atoms with Crippen molar-refractivity contribution < 1.29 is 19.3 Å². The van der Waals surface area contributed by atoms with Crippen LogP contribution in [-0.4, -0.2) is 23.3 Å². The summed E-state index contributed by atoms with van der Waals surface area (Å²) in [6.45, 7) is 16.2. The van der Waals surface area contributed by atoms with Crippen molar-refractivity contribution in [3.05, 3.63) is 12.2 Å². The molecule has 1 saturated heterocycles. The van der Waals surface area contributed by atoms with Gasteiger partial charge in [0.05, 0.1) is 0 Å². The second-order valence-corrected chi connectivity index (χ2v) is 13.9. The number of hydrogen-bond acceptors (Lipinski definition) is 4. The Morgan fingerprint density at radius 3 is 2.40 bits per heavy atom. The molecule has 10 atom stereocenters. The zero-order valence-corrected chi connectivity index (χ0v) is 23.4. The Morgan fingerprint density at radius 2 is 1.77 bits per heavy atom. The van der Waals surface area contributed by atoms with E-state index in [1.165, 1.54) is 51.9 Å². The number of carbonyl (C=O) groups excluding carboxylic acids is 1. The van der Waals surface area contributed by atoms with Gasteiger partial charge in [-0.25, -0.2) is 9.78 Å². The number of ether oxygens (including phenoxy) is 1. The maximum absolute atomic E-state index is 11.6. The molecule has 0 radical (unpaired) electrons. The van der Waals surface area contributed by atoms with E-state index >= 15 is 0 Å². The first-order chi connectivity index (χ1) is 16.5. The van der Waals surface area contributed by atoms with E-state index in [1.807, 2.05) is 0 Å². The highest BCUT2D eigenvalue weighted by Crippen LogP contribution is 2.73. The third-order valence-corrected chi connectivity index (χ3v) is 12.2. The highest BCUT2D eigenvalue weighted by atomic mass is 17.2. The second kappa shape index (κ2) is 8.86. The molecule has 198 valence electrons. The Balaban J connectivity index is 1.38. The van der Waals surface area contributed by atoms with Crippen LogP contribution in [0.2, 0.25) is 0 Å². The fraction of sp³-hybridized carbons (Fsp3) is 0.903. The predicted octanol–water partition coefficient (Wildman–Crippen LogP) is 7.66. The highest BCUT2D eigenvalue weighted by molar-refractivity contribution is 5.66. The summed E-state index contributed by atoms with van der Waals surface area (Å²) in [7, 11) is 0. The van der Waals surface area contributed by atoms with Gasteiger partial charge < -0.3 is 4.74 Å². The molecule has 4 fully saturated rings. The molecule has 2 spiro atoms. The topological polar surface area (TPSA) is 44.8 Å². The molecular weight excluding hydrogens is 436 g/mol. The Hall–Kier alpha value is -0.870. The molecule has 4 heteroatoms. The second-order valence-electron chi connectivity index (χ2n) is 13.9. The van der Waals surface area contributed by atoms with Crippen LogP contribution in [0.15, 0.2) is 12.2 Å². The van der Waals surface area contributed by atoms with Gasteiger partial charge in [-0.05, 0) is 80.1 Å². The fourth-order valence-corrected chi connectivity index (χ4v) is 10.1. The van der Waals surface area contributed by atoms with E-state index in [0.29, 0.717) is 23.7 Å². The summed E-state index contributed by atoms with van der Waals surface area (Å²) >= 11 is 0. The lowest BCUT2D eigenvalue weighted by molar-refractivity contribution is -0.497. The van der Waals surface area contributed by atoms with Crippen LogP contribution in [0.25, 0.3) is 0 Å². The molecule has 2 aliphatic heterocycles. The normalized spacial score (nSPS) is 47.7. The highest BCUT2D eigenvalue weighted by Gasteiger charge is 2.74.